The van der Waals surface area contributed by atoms with Crippen LogP contribution in [0.25, 0.3) is 0 Å². The van der Waals surface area contributed by atoms with Crippen molar-refractivity contribution in [3.8, 4) is 6.07 Å². The van der Waals surface area contributed by atoms with E-state index in [1.54, 1.807) is 12.1 Å². The van der Waals surface area contributed by atoms with Crippen molar-refractivity contribution in [2.45, 2.75) is 11.3 Å². The Morgan fingerprint density at radius 3 is 2.93 bits per heavy atom. The minimum absolute atomic E-state index is 0.127. The van der Waals surface area contributed by atoms with Crippen molar-refractivity contribution in [2.24, 2.45) is 0 Å². The Bertz CT molecular complexity index is 398. The van der Waals surface area contributed by atoms with Crippen LogP contribution in [0, 0.1) is 11.3 Å². The molecule has 1 aromatic carbocycles. The van der Waals surface area contributed by atoms with Crippen molar-refractivity contribution in [2.75, 3.05) is 6.26 Å². The topological polar surface area (TPSA) is 40.9 Å². The van der Waals surface area contributed by atoms with Crippen molar-refractivity contribution in [1.29, 1.82) is 5.26 Å². The number of rotatable bonds is 3. The largest absolute Gasteiger partial charge is 0.293 e. The fourth-order valence-electron chi connectivity index (χ4n) is 1.01. The van der Waals surface area contributed by atoms with E-state index in [0.29, 0.717) is 10.6 Å². The quantitative estimate of drug-likeness (QED) is 0.586. The molecule has 0 heterocycles. The molecule has 0 N–H and O–H groups in total. The third kappa shape index (κ3) is 2.50. The lowest BCUT2D eigenvalue weighted by molar-refractivity contribution is 0.0997. The summed E-state index contributed by atoms with van der Waals surface area (Å²) < 4.78 is 0. The fourth-order valence-corrected chi connectivity index (χ4v) is 1.67. The fraction of sp³-hybridized carbons (Fsp3) is 0.200. The number of thioether (sulfide) groups is 1. The molecule has 2 nitrogen and oxygen atoms in total. The van der Waals surface area contributed by atoms with E-state index in [1.165, 1.54) is 11.8 Å². The van der Waals surface area contributed by atoms with Crippen LogP contribution in [-0.4, -0.2) is 12.0 Å². The summed E-state index contributed by atoms with van der Waals surface area (Å²) >= 11 is 7.38. The Morgan fingerprint density at radius 1 is 1.64 bits per heavy atom. The number of hydrogen-bond donors (Lipinski definition) is 0. The number of carbonyl (C=O) groups is 1. The molecule has 0 amide bonds. The molecule has 0 spiro atoms. The maximum atomic E-state index is 11.4. The number of hydrogen-bond acceptors (Lipinski definition) is 3. The van der Waals surface area contributed by atoms with Crippen LogP contribution in [0.1, 0.15) is 16.8 Å². The van der Waals surface area contributed by atoms with E-state index in [0.717, 1.165) is 4.90 Å². The molecule has 0 radical (unpaired) electrons. The molecule has 0 aromatic heterocycles. The molecule has 0 aliphatic carbocycles. The van der Waals surface area contributed by atoms with Crippen LogP contribution in [0.4, 0.5) is 0 Å². The van der Waals surface area contributed by atoms with Gasteiger partial charge in [0.15, 0.2) is 5.78 Å². The van der Waals surface area contributed by atoms with Gasteiger partial charge in [-0.25, -0.2) is 0 Å². The van der Waals surface area contributed by atoms with Crippen LogP contribution in [0.15, 0.2) is 23.1 Å². The first-order chi connectivity index (χ1) is 6.69. The van der Waals surface area contributed by atoms with Crippen molar-refractivity contribution in [3.63, 3.8) is 0 Å². The zero-order valence-corrected chi connectivity index (χ0v) is 9.15. The maximum absolute atomic E-state index is 11.4. The molecule has 0 aliphatic heterocycles. The molecular formula is C10H8ClNOS. The molecular weight excluding hydrogens is 218 g/mol. The first-order valence-corrected chi connectivity index (χ1v) is 5.53. The Labute approximate surface area is 91.9 Å². The SMILES string of the molecule is CSc1ccc(Cl)c(C(=O)CC#N)c1. The van der Waals surface area contributed by atoms with Gasteiger partial charge in [0.05, 0.1) is 17.5 Å². The minimum atomic E-state index is -0.228. The molecule has 0 saturated heterocycles. The van der Waals surface area contributed by atoms with Crippen LogP contribution >= 0.6 is 23.4 Å². The number of carbonyl (C=O) groups excluding carboxylic acids is 1. The van der Waals surface area contributed by atoms with Gasteiger partial charge in [0.25, 0.3) is 0 Å². The Morgan fingerprint density at radius 2 is 2.36 bits per heavy atom. The van der Waals surface area contributed by atoms with Crippen molar-refractivity contribution >= 4 is 29.1 Å². The van der Waals surface area contributed by atoms with Crippen molar-refractivity contribution < 1.29 is 4.79 Å². The van der Waals surface area contributed by atoms with Gasteiger partial charge < -0.3 is 0 Å². The molecule has 4 heteroatoms. The van der Waals surface area contributed by atoms with Gasteiger partial charge in [0.1, 0.15) is 0 Å². The van der Waals surface area contributed by atoms with E-state index in [9.17, 15) is 4.79 Å². The monoisotopic (exact) mass is 225 g/mol. The Kier molecular flexibility index (Phi) is 3.99. The molecule has 0 unspecified atom stereocenters. The average Bonchev–Trinajstić information content (AvgIpc) is 2.19. The summed E-state index contributed by atoms with van der Waals surface area (Å²) in [6.07, 6.45) is 1.79. The second-order valence-corrected chi connectivity index (χ2v) is 3.89. The summed E-state index contributed by atoms with van der Waals surface area (Å²) in [6, 6.07) is 7.05. The second-order valence-electron chi connectivity index (χ2n) is 2.60. The molecule has 72 valence electrons. The summed E-state index contributed by atoms with van der Waals surface area (Å²) in [5.41, 5.74) is 0.431. The highest BCUT2D eigenvalue weighted by Gasteiger charge is 2.10. The molecule has 0 bridgehead atoms. The summed E-state index contributed by atoms with van der Waals surface area (Å²) in [6.45, 7) is 0. The maximum Gasteiger partial charge on any atom is 0.178 e. The lowest BCUT2D eigenvalue weighted by Crippen LogP contribution is -1.98. The summed E-state index contributed by atoms with van der Waals surface area (Å²) in [5.74, 6) is -0.228. The Hall–Kier alpha value is -0.980. The number of ketones is 1. The van der Waals surface area contributed by atoms with Gasteiger partial charge in [-0.05, 0) is 24.5 Å². The number of benzene rings is 1. The van der Waals surface area contributed by atoms with E-state index in [2.05, 4.69) is 0 Å². The predicted octanol–water partition coefficient (Wildman–Crippen LogP) is 3.16. The second kappa shape index (κ2) is 5.04. The molecule has 1 rings (SSSR count). The first kappa shape index (κ1) is 11.1. The predicted molar refractivity (Wildman–Crippen MR) is 57.8 cm³/mol. The van der Waals surface area contributed by atoms with Gasteiger partial charge >= 0.3 is 0 Å². The van der Waals surface area contributed by atoms with Crippen LogP contribution in [0.2, 0.25) is 5.02 Å². The van der Waals surface area contributed by atoms with Crippen LogP contribution in [0.3, 0.4) is 0 Å². The lowest BCUT2D eigenvalue weighted by atomic mass is 10.1. The average molecular weight is 226 g/mol. The molecule has 0 aliphatic rings. The van der Waals surface area contributed by atoms with Crippen molar-refractivity contribution in [3.05, 3.63) is 28.8 Å². The van der Waals surface area contributed by atoms with Crippen LogP contribution < -0.4 is 0 Å². The minimum Gasteiger partial charge on any atom is -0.293 e. The Balaban J connectivity index is 3.07. The highest BCUT2D eigenvalue weighted by atomic mass is 35.5. The normalized spacial score (nSPS) is 9.50. The van der Waals surface area contributed by atoms with E-state index in [1.807, 2.05) is 18.4 Å². The van der Waals surface area contributed by atoms with E-state index in [4.69, 9.17) is 16.9 Å². The smallest absolute Gasteiger partial charge is 0.178 e. The molecule has 14 heavy (non-hydrogen) atoms. The van der Waals surface area contributed by atoms with Gasteiger partial charge in [-0.2, -0.15) is 5.26 Å². The molecule has 0 saturated carbocycles. The van der Waals surface area contributed by atoms with Crippen LogP contribution in [-0.2, 0) is 0 Å². The highest BCUT2D eigenvalue weighted by Crippen LogP contribution is 2.23. The highest BCUT2D eigenvalue weighted by molar-refractivity contribution is 7.98. The number of nitriles is 1. The van der Waals surface area contributed by atoms with Gasteiger partial charge in [0, 0.05) is 10.5 Å². The van der Waals surface area contributed by atoms with Gasteiger partial charge in [-0.3, -0.25) is 4.79 Å². The summed E-state index contributed by atoms with van der Waals surface area (Å²) in [5, 5.41) is 8.80. The summed E-state index contributed by atoms with van der Waals surface area (Å²) in [7, 11) is 0. The number of halogens is 1. The molecule has 0 fully saturated rings. The molecule has 0 atom stereocenters. The summed E-state index contributed by atoms with van der Waals surface area (Å²) in [4.78, 5) is 12.4. The number of Topliss-reactive ketones (excluding diaryl/α,β-unsaturated/α-hetero) is 1. The van der Waals surface area contributed by atoms with Gasteiger partial charge in [-0.15, -0.1) is 11.8 Å². The van der Waals surface area contributed by atoms with Gasteiger partial charge in [-0.1, -0.05) is 11.6 Å². The lowest BCUT2D eigenvalue weighted by Gasteiger charge is -2.02. The third-order valence-electron chi connectivity index (χ3n) is 1.71. The molecule has 1 aromatic rings. The van der Waals surface area contributed by atoms with E-state index in [-0.39, 0.29) is 12.2 Å². The standard InChI is InChI=1S/C10H8ClNOS/c1-14-7-2-3-9(11)8(6-7)10(13)4-5-12/h2-3,6H,4H2,1H3. The zero-order valence-electron chi connectivity index (χ0n) is 7.58. The first-order valence-electron chi connectivity index (χ1n) is 3.92. The zero-order chi connectivity index (χ0) is 10.6. The van der Waals surface area contributed by atoms with Crippen LogP contribution in [0.5, 0.6) is 0 Å². The third-order valence-corrected chi connectivity index (χ3v) is 2.77. The van der Waals surface area contributed by atoms with Crippen molar-refractivity contribution in [1.82, 2.24) is 0 Å². The number of nitrogens with zero attached hydrogens (tertiary/aromatic N) is 1. The van der Waals surface area contributed by atoms with E-state index >= 15 is 0 Å². The van der Waals surface area contributed by atoms with E-state index < -0.39 is 0 Å². The van der Waals surface area contributed by atoms with Gasteiger partial charge in [0.2, 0.25) is 0 Å².